The number of aromatic nitrogens is 2. The fraction of sp³-hybridized carbons (Fsp3) is 0.308. The Morgan fingerprint density at radius 3 is 3.15 bits per heavy atom. The van der Waals surface area contributed by atoms with Gasteiger partial charge in [0.15, 0.2) is 0 Å². The monoisotopic (exact) mass is 287 g/mol. The third-order valence-electron chi connectivity index (χ3n) is 3.24. The fourth-order valence-electron chi connectivity index (χ4n) is 2.39. The number of carbonyl (C=O) groups is 1. The molecule has 0 fully saturated rings. The maximum atomic E-state index is 12.0. The van der Waals surface area contributed by atoms with Gasteiger partial charge in [0.05, 0.1) is 17.4 Å². The molecule has 3 N–H and O–H groups in total. The van der Waals surface area contributed by atoms with E-state index in [0.717, 1.165) is 24.8 Å². The van der Waals surface area contributed by atoms with Gasteiger partial charge in [-0.1, -0.05) is 0 Å². The second-order valence-corrected chi connectivity index (χ2v) is 5.80. The maximum absolute atomic E-state index is 12.0. The van der Waals surface area contributed by atoms with E-state index in [1.807, 2.05) is 0 Å². The lowest BCUT2D eigenvalue weighted by molar-refractivity contribution is -0.116. The Kier molecular flexibility index (Phi) is 3.16. The molecule has 0 radical (unpaired) electrons. The van der Waals surface area contributed by atoms with Crippen LogP contribution in [0.3, 0.4) is 0 Å². The third-order valence-corrected chi connectivity index (χ3v) is 4.45. The number of nitrogen functional groups attached to an aromatic ring is 1. The number of nitriles is 1. The van der Waals surface area contributed by atoms with Crippen LogP contribution in [0.15, 0.2) is 12.4 Å². The minimum absolute atomic E-state index is 0.0879. The molecule has 0 atom stereocenters. The molecule has 0 saturated heterocycles. The van der Waals surface area contributed by atoms with E-state index in [0.29, 0.717) is 16.3 Å². The van der Waals surface area contributed by atoms with Crippen LogP contribution in [0.2, 0.25) is 0 Å². The number of nitrogens with two attached hydrogens (primary N) is 1. The van der Waals surface area contributed by atoms with Gasteiger partial charge in [0.25, 0.3) is 0 Å². The SMILES string of the molecule is N#Cc1c(NC(=O)Cn2cc(N)cn2)sc2c1CCC2. The minimum atomic E-state index is -0.204. The molecule has 7 heteroatoms. The average molecular weight is 287 g/mol. The number of aryl methyl sites for hydroxylation is 1. The lowest BCUT2D eigenvalue weighted by Crippen LogP contribution is -2.19. The summed E-state index contributed by atoms with van der Waals surface area (Å²) in [4.78, 5) is 13.2. The van der Waals surface area contributed by atoms with Crippen molar-refractivity contribution in [3.63, 3.8) is 0 Å². The molecule has 3 rings (SSSR count). The van der Waals surface area contributed by atoms with Crippen molar-refractivity contribution in [2.24, 2.45) is 0 Å². The lowest BCUT2D eigenvalue weighted by Gasteiger charge is -2.04. The highest BCUT2D eigenvalue weighted by Crippen LogP contribution is 2.38. The highest BCUT2D eigenvalue weighted by atomic mass is 32.1. The molecule has 1 aliphatic carbocycles. The highest BCUT2D eigenvalue weighted by molar-refractivity contribution is 7.16. The second-order valence-electron chi connectivity index (χ2n) is 4.69. The van der Waals surface area contributed by atoms with Crippen molar-refractivity contribution in [2.75, 3.05) is 11.1 Å². The molecular weight excluding hydrogens is 274 g/mol. The summed E-state index contributed by atoms with van der Waals surface area (Å²) in [6.07, 6.45) is 6.12. The molecule has 1 aliphatic rings. The Hall–Kier alpha value is -2.33. The van der Waals surface area contributed by atoms with Crippen molar-refractivity contribution in [2.45, 2.75) is 25.8 Å². The van der Waals surface area contributed by atoms with Gasteiger partial charge >= 0.3 is 0 Å². The third kappa shape index (κ3) is 2.26. The molecule has 0 saturated carbocycles. The van der Waals surface area contributed by atoms with E-state index in [1.165, 1.54) is 27.1 Å². The van der Waals surface area contributed by atoms with Crippen LogP contribution in [0.25, 0.3) is 0 Å². The molecular formula is C13H13N5OS. The summed E-state index contributed by atoms with van der Waals surface area (Å²) in [6, 6.07) is 2.20. The van der Waals surface area contributed by atoms with Gasteiger partial charge in [-0.2, -0.15) is 10.4 Å². The number of hydrogen-bond acceptors (Lipinski definition) is 5. The van der Waals surface area contributed by atoms with Crippen LogP contribution in [-0.4, -0.2) is 15.7 Å². The number of nitrogens with zero attached hydrogens (tertiary/aromatic N) is 3. The second kappa shape index (κ2) is 4.98. The smallest absolute Gasteiger partial charge is 0.246 e. The molecule has 102 valence electrons. The zero-order valence-corrected chi connectivity index (χ0v) is 11.5. The molecule has 6 nitrogen and oxygen atoms in total. The number of rotatable bonds is 3. The number of nitrogens with one attached hydrogen (secondary N) is 1. The van der Waals surface area contributed by atoms with Crippen molar-refractivity contribution in [1.82, 2.24) is 9.78 Å². The van der Waals surface area contributed by atoms with Crippen LogP contribution in [0, 0.1) is 11.3 Å². The van der Waals surface area contributed by atoms with Crippen molar-refractivity contribution >= 4 is 27.9 Å². The molecule has 0 spiro atoms. The largest absolute Gasteiger partial charge is 0.396 e. The number of fused-ring (bicyclic) bond motifs is 1. The van der Waals surface area contributed by atoms with E-state index in [2.05, 4.69) is 16.5 Å². The van der Waals surface area contributed by atoms with E-state index < -0.39 is 0 Å². The Labute approximate surface area is 119 Å². The van der Waals surface area contributed by atoms with Gasteiger partial charge in [0, 0.05) is 11.1 Å². The molecule has 0 unspecified atom stereocenters. The summed E-state index contributed by atoms with van der Waals surface area (Å²) in [7, 11) is 0. The predicted octanol–water partition coefficient (Wildman–Crippen LogP) is 1.53. The first-order chi connectivity index (χ1) is 9.67. The fourth-order valence-corrected chi connectivity index (χ4v) is 3.65. The van der Waals surface area contributed by atoms with E-state index in [1.54, 1.807) is 6.20 Å². The number of anilines is 2. The van der Waals surface area contributed by atoms with Gasteiger partial charge in [-0.05, 0) is 24.8 Å². The zero-order chi connectivity index (χ0) is 14.1. The topological polar surface area (TPSA) is 96.7 Å². The van der Waals surface area contributed by atoms with Gasteiger partial charge in [-0.25, -0.2) is 0 Å². The van der Waals surface area contributed by atoms with Gasteiger partial charge < -0.3 is 11.1 Å². The van der Waals surface area contributed by atoms with Gasteiger partial charge in [0.2, 0.25) is 5.91 Å². The average Bonchev–Trinajstić information content (AvgIpc) is 3.05. The highest BCUT2D eigenvalue weighted by Gasteiger charge is 2.23. The molecule has 20 heavy (non-hydrogen) atoms. The standard InChI is InChI=1S/C13H13N5OS/c14-4-10-9-2-1-3-11(9)20-13(10)17-12(19)7-18-6-8(15)5-16-18/h5-6H,1-3,7,15H2,(H,17,19). The first-order valence-corrected chi connectivity index (χ1v) is 7.11. The van der Waals surface area contributed by atoms with E-state index in [-0.39, 0.29) is 12.5 Å². The van der Waals surface area contributed by atoms with E-state index in [9.17, 15) is 10.1 Å². The van der Waals surface area contributed by atoms with E-state index in [4.69, 9.17) is 5.73 Å². The Morgan fingerprint density at radius 1 is 1.60 bits per heavy atom. The van der Waals surface area contributed by atoms with Crippen LogP contribution < -0.4 is 11.1 Å². The summed E-state index contributed by atoms with van der Waals surface area (Å²) in [6.45, 7) is 0.0879. The van der Waals surface area contributed by atoms with Crippen LogP contribution in [0.4, 0.5) is 10.7 Å². The summed E-state index contributed by atoms with van der Waals surface area (Å²) in [5.74, 6) is -0.204. The van der Waals surface area contributed by atoms with E-state index >= 15 is 0 Å². The number of carbonyl (C=O) groups excluding carboxylic acids is 1. The lowest BCUT2D eigenvalue weighted by atomic mass is 10.1. The van der Waals surface area contributed by atoms with Crippen molar-refractivity contribution in [1.29, 1.82) is 5.26 Å². The summed E-state index contributed by atoms with van der Waals surface area (Å²) < 4.78 is 1.47. The maximum Gasteiger partial charge on any atom is 0.246 e. The molecule has 1 amide bonds. The summed E-state index contributed by atoms with van der Waals surface area (Å²) in [5.41, 5.74) is 7.79. The Bertz CT molecular complexity index is 709. The summed E-state index contributed by atoms with van der Waals surface area (Å²) in [5, 5.41) is 16.7. The van der Waals surface area contributed by atoms with Crippen LogP contribution in [-0.2, 0) is 24.2 Å². The molecule has 2 aromatic rings. The number of hydrogen-bond donors (Lipinski definition) is 2. The predicted molar refractivity (Wildman–Crippen MR) is 76.3 cm³/mol. The van der Waals surface area contributed by atoms with Gasteiger partial charge in [-0.3, -0.25) is 9.48 Å². The van der Waals surface area contributed by atoms with Crippen LogP contribution >= 0.6 is 11.3 Å². The van der Waals surface area contributed by atoms with Crippen molar-refractivity contribution < 1.29 is 4.79 Å². The van der Waals surface area contributed by atoms with Gasteiger partial charge in [0.1, 0.15) is 17.6 Å². The number of thiophene rings is 1. The molecule has 0 bridgehead atoms. The quantitative estimate of drug-likeness (QED) is 0.894. The Balaban J connectivity index is 1.75. The van der Waals surface area contributed by atoms with Gasteiger partial charge in [-0.15, -0.1) is 11.3 Å². The van der Waals surface area contributed by atoms with Crippen molar-refractivity contribution in [3.05, 3.63) is 28.4 Å². The molecule has 0 aliphatic heterocycles. The minimum Gasteiger partial charge on any atom is -0.396 e. The van der Waals surface area contributed by atoms with Crippen LogP contribution in [0.1, 0.15) is 22.4 Å². The molecule has 2 aromatic heterocycles. The normalized spacial score (nSPS) is 12.9. The zero-order valence-electron chi connectivity index (χ0n) is 10.7. The number of amides is 1. The molecule has 2 heterocycles. The first kappa shape index (κ1) is 12.7. The summed E-state index contributed by atoms with van der Waals surface area (Å²) >= 11 is 1.51. The first-order valence-electron chi connectivity index (χ1n) is 6.30. The van der Waals surface area contributed by atoms with Crippen LogP contribution in [0.5, 0.6) is 0 Å². The Morgan fingerprint density at radius 2 is 2.45 bits per heavy atom. The molecule has 0 aromatic carbocycles. The van der Waals surface area contributed by atoms with Crippen molar-refractivity contribution in [3.8, 4) is 6.07 Å².